The molecule has 0 aliphatic rings. The minimum absolute atomic E-state index is 0.00325. The van der Waals surface area contributed by atoms with Gasteiger partial charge in [-0.1, -0.05) is 11.6 Å². The summed E-state index contributed by atoms with van der Waals surface area (Å²) < 4.78 is 29.7. The average Bonchev–Trinajstić information content (AvgIpc) is 2.78. The Labute approximate surface area is 119 Å². The van der Waals surface area contributed by atoms with E-state index >= 15 is 0 Å². The van der Waals surface area contributed by atoms with Crippen molar-refractivity contribution in [2.75, 3.05) is 12.3 Å². The summed E-state index contributed by atoms with van der Waals surface area (Å²) in [5, 5.41) is 0.124. The van der Waals surface area contributed by atoms with Crippen LogP contribution in [0, 0.1) is 0 Å². The summed E-state index contributed by atoms with van der Waals surface area (Å²) in [4.78, 5) is 11.8. The number of rotatable bonds is 6. The highest BCUT2D eigenvalue weighted by molar-refractivity contribution is 7.17. The van der Waals surface area contributed by atoms with Gasteiger partial charge in [0, 0.05) is 0 Å². The van der Waals surface area contributed by atoms with E-state index in [1.807, 2.05) is 0 Å². The molecule has 0 unspecified atom stereocenters. The molecular weight excluding hydrogens is 308 g/mol. The zero-order valence-corrected chi connectivity index (χ0v) is 11.8. The standard InChI is InChI=1S/C10H10ClFN5O2P/c11-8-7-9(16-10(13)15-8)17(5-14-7)4-6(12)2-1-3-19-20-18/h2,5H,1,3-4H2,(H2,13,15,16). The van der Waals surface area contributed by atoms with Crippen LogP contribution in [0.15, 0.2) is 18.2 Å². The smallest absolute Gasteiger partial charge is 0.327 e. The van der Waals surface area contributed by atoms with E-state index in [4.69, 9.17) is 17.3 Å². The Hall–Kier alpha value is -1.63. The fourth-order valence-electron chi connectivity index (χ4n) is 1.57. The van der Waals surface area contributed by atoms with Crippen molar-refractivity contribution in [3.05, 3.63) is 23.4 Å². The molecule has 0 saturated carbocycles. The highest BCUT2D eigenvalue weighted by Crippen LogP contribution is 2.20. The molecule has 0 atom stereocenters. The Morgan fingerprint density at radius 2 is 2.40 bits per heavy atom. The Morgan fingerprint density at radius 1 is 1.60 bits per heavy atom. The number of anilines is 1. The van der Waals surface area contributed by atoms with E-state index in [0.717, 1.165) is 0 Å². The second-order valence-corrected chi connectivity index (χ2v) is 4.53. The van der Waals surface area contributed by atoms with Gasteiger partial charge in [0.15, 0.2) is 10.8 Å². The molecule has 0 aliphatic heterocycles. The third-order valence-corrected chi connectivity index (χ3v) is 2.94. The molecule has 0 aliphatic carbocycles. The van der Waals surface area contributed by atoms with Crippen LogP contribution in [0.4, 0.5) is 10.3 Å². The maximum absolute atomic E-state index is 13.7. The molecule has 0 spiro atoms. The highest BCUT2D eigenvalue weighted by Gasteiger charge is 2.11. The quantitative estimate of drug-likeness (QED) is 0.499. The van der Waals surface area contributed by atoms with Gasteiger partial charge in [0.25, 0.3) is 0 Å². The maximum atomic E-state index is 13.7. The lowest BCUT2D eigenvalue weighted by Gasteiger charge is -2.02. The molecule has 0 amide bonds. The fourth-order valence-corrected chi connectivity index (χ4v) is 1.97. The summed E-state index contributed by atoms with van der Waals surface area (Å²) in [7, 11) is -0.419. The number of halogens is 2. The number of nitrogens with two attached hydrogens (primary N) is 1. The third kappa shape index (κ3) is 3.47. The van der Waals surface area contributed by atoms with Gasteiger partial charge in [-0.05, 0) is 12.5 Å². The molecular formula is C10H10ClFN5O2P. The van der Waals surface area contributed by atoms with E-state index < -0.39 is 14.5 Å². The van der Waals surface area contributed by atoms with Crippen molar-refractivity contribution in [3.8, 4) is 0 Å². The fraction of sp³-hybridized carbons (Fsp3) is 0.300. The third-order valence-electron chi connectivity index (χ3n) is 2.39. The van der Waals surface area contributed by atoms with Crippen LogP contribution in [0.1, 0.15) is 6.42 Å². The number of hydrogen-bond donors (Lipinski definition) is 1. The molecule has 10 heteroatoms. The predicted octanol–water partition coefficient (Wildman–Crippen LogP) is 2.53. The molecule has 0 bridgehead atoms. The van der Waals surface area contributed by atoms with Crippen LogP contribution in [-0.2, 0) is 15.6 Å². The lowest BCUT2D eigenvalue weighted by Crippen LogP contribution is -2.02. The molecule has 106 valence electrons. The molecule has 0 aromatic carbocycles. The molecule has 0 fully saturated rings. The summed E-state index contributed by atoms with van der Waals surface area (Å²) >= 11 is 5.87. The minimum atomic E-state index is -0.419. The first-order valence-corrected chi connectivity index (χ1v) is 6.65. The zero-order chi connectivity index (χ0) is 14.5. The molecule has 7 nitrogen and oxygen atoms in total. The number of fused-ring (bicyclic) bond motifs is 1. The highest BCUT2D eigenvalue weighted by atomic mass is 35.5. The lowest BCUT2D eigenvalue weighted by atomic mass is 10.3. The Morgan fingerprint density at radius 3 is 3.15 bits per heavy atom. The van der Waals surface area contributed by atoms with E-state index in [1.165, 1.54) is 17.0 Å². The van der Waals surface area contributed by atoms with E-state index in [0.29, 0.717) is 17.6 Å². The van der Waals surface area contributed by atoms with E-state index in [9.17, 15) is 8.96 Å². The molecule has 2 N–H and O–H groups in total. The topological polar surface area (TPSA) is 95.9 Å². The Bertz CT molecular complexity index is 662. The molecule has 0 saturated heterocycles. The lowest BCUT2D eigenvalue weighted by molar-refractivity contribution is 0.348. The molecule has 2 aromatic heterocycles. The van der Waals surface area contributed by atoms with Crippen LogP contribution in [0.2, 0.25) is 5.15 Å². The van der Waals surface area contributed by atoms with Crippen LogP contribution in [0.5, 0.6) is 0 Å². The van der Waals surface area contributed by atoms with Crippen molar-refractivity contribution in [1.29, 1.82) is 0 Å². The average molecular weight is 318 g/mol. The molecule has 2 aromatic rings. The van der Waals surface area contributed by atoms with Crippen LogP contribution in [0.3, 0.4) is 0 Å². The van der Waals surface area contributed by atoms with Gasteiger partial charge in [-0.2, -0.15) is 9.97 Å². The van der Waals surface area contributed by atoms with Crippen molar-refractivity contribution >= 4 is 37.4 Å². The van der Waals surface area contributed by atoms with Crippen molar-refractivity contribution in [2.45, 2.75) is 13.0 Å². The van der Waals surface area contributed by atoms with Crippen molar-refractivity contribution in [1.82, 2.24) is 19.5 Å². The van der Waals surface area contributed by atoms with Gasteiger partial charge in [-0.3, -0.25) is 4.52 Å². The second kappa shape index (κ2) is 6.69. The number of imidazole rings is 1. The zero-order valence-electron chi connectivity index (χ0n) is 10.2. The largest absolute Gasteiger partial charge is 0.368 e. The SMILES string of the molecule is Nc1nc(Cl)c2ncn(CC(F)=CCCOP=O)c2n1. The van der Waals surface area contributed by atoms with Crippen molar-refractivity contribution in [2.24, 2.45) is 0 Å². The first-order chi connectivity index (χ1) is 9.61. The van der Waals surface area contributed by atoms with Gasteiger partial charge in [0.2, 0.25) is 5.95 Å². The van der Waals surface area contributed by atoms with Crippen LogP contribution in [0.25, 0.3) is 11.2 Å². The van der Waals surface area contributed by atoms with Crippen molar-refractivity contribution in [3.63, 3.8) is 0 Å². The summed E-state index contributed by atoms with van der Waals surface area (Å²) in [6.07, 6.45) is 3.06. The summed E-state index contributed by atoms with van der Waals surface area (Å²) in [5.41, 5.74) is 6.22. The van der Waals surface area contributed by atoms with Gasteiger partial charge in [0.1, 0.15) is 11.3 Å². The summed E-state index contributed by atoms with van der Waals surface area (Å²) in [6.45, 7) is 0.114. The first kappa shape index (κ1) is 14.8. The summed E-state index contributed by atoms with van der Waals surface area (Å²) in [5.74, 6) is -0.403. The number of aromatic nitrogens is 4. The molecule has 20 heavy (non-hydrogen) atoms. The van der Waals surface area contributed by atoms with E-state index in [2.05, 4.69) is 19.5 Å². The van der Waals surface area contributed by atoms with Crippen LogP contribution in [-0.4, -0.2) is 26.1 Å². The predicted molar refractivity (Wildman–Crippen MR) is 72.1 cm³/mol. The number of allylic oxidation sites excluding steroid dienone is 1. The summed E-state index contributed by atoms with van der Waals surface area (Å²) in [6, 6.07) is 0. The maximum Gasteiger partial charge on any atom is 0.327 e. The van der Waals surface area contributed by atoms with Gasteiger partial charge in [0.05, 0.1) is 19.5 Å². The monoisotopic (exact) mass is 317 g/mol. The van der Waals surface area contributed by atoms with Gasteiger partial charge >= 0.3 is 8.69 Å². The van der Waals surface area contributed by atoms with E-state index in [1.54, 1.807) is 0 Å². The second-order valence-electron chi connectivity index (χ2n) is 3.76. The Kier molecular flexibility index (Phi) is 4.94. The van der Waals surface area contributed by atoms with Gasteiger partial charge in [-0.15, -0.1) is 0 Å². The first-order valence-electron chi connectivity index (χ1n) is 5.55. The van der Waals surface area contributed by atoms with E-state index in [-0.39, 0.29) is 24.3 Å². The number of nitrogens with zero attached hydrogens (tertiary/aromatic N) is 4. The van der Waals surface area contributed by atoms with Crippen LogP contribution >= 0.6 is 20.3 Å². The van der Waals surface area contributed by atoms with Gasteiger partial charge in [-0.25, -0.2) is 13.9 Å². The normalized spacial score (nSPS) is 12.4. The number of hydrogen-bond acceptors (Lipinski definition) is 6. The Balaban J connectivity index is 2.15. The number of nitrogen functional groups attached to an aromatic ring is 1. The van der Waals surface area contributed by atoms with Gasteiger partial charge < -0.3 is 10.3 Å². The van der Waals surface area contributed by atoms with Crippen molar-refractivity contribution < 1.29 is 13.5 Å². The molecule has 0 radical (unpaired) electrons. The van der Waals surface area contributed by atoms with Crippen LogP contribution < -0.4 is 5.73 Å². The molecule has 2 rings (SSSR count). The minimum Gasteiger partial charge on any atom is -0.368 e. The molecule has 2 heterocycles.